The molecular weight excluding hydrogens is 402 g/mol. The van der Waals surface area contributed by atoms with Crippen LogP contribution in [0.4, 0.5) is 0 Å². The van der Waals surface area contributed by atoms with E-state index in [-0.39, 0.29) is 5.69 Å². The maximum atomic E-state index is 13.0. The molecule has 32 heavy (non-hydrogen) atoms. The lowest BCUT2D eigenvalue weighted by Crippen LogP contribution is -2.26. The van der Waals surface area contributed by atoms with Crippen molar-refractivity contribution in [2.45, 2.75) is 53.1 Å². The number of hydrogen-bond donors (Lipinski definition) is 1. The van der Waals surface area contributed by atoms with Crippen molar-refractivity contribution in [2.75, 3.05) is 0 Å². The van der Waals surface area contributed by atoms with E-state index in [2.05, 4.69) is 76.8 Å². The third-order valence-electron chi connectivity index (χ3n) is 5.45. The van der Waals surface area contributed by atoms with E-state index in [9.17, 15) is 4.79 Å². The lowest BCUT2D eigenvalue weighted by atomic mass is 9.98. The summed E-state index contributed by atoms with van der Waals surface area (Å²) in [6, 6.07) is 16.3. The molecule has 0 unspecified atom stereocenters. The number of benzene rings is 2. The third-order valence-corrected chi connectivity index (χ3v) is 5.45. The van der Waals surface area contributed by atoms with E-state index < -0.39 is 0 Å². The van der Waals surface area contributed by atoms with Gasteiger partial charge in [-0.15, -0.1) is 5.10 Å². The van der Waals surface area contributed by atoms with Gasteiger partial charge in [0.1, 0.15) is 5.82 Å². The summed E-state index contributed by atoms with van der Waals surface area (Å²) in [4.78, 5) is 13.0. The topological polar surface area (TPSA) is 94.3 Å². The molecule has 0 atom stereocenters. The number of tetrazole rings is 1. The molecule has 0 amide bonds. The zero-order valence-corrected chi connectivity index (χ0v) is 18.8. The standard InChI is InChI=1S/C24H29N7O/c1-4-5-14-31-24(32)30(22(27-31)15-17(2)3)16-18-10-12-19(13-11-18)20-8-6-7-9-21(20)23-25-28-29-26-23/h6-13,17H,4-5,14-16H2,1-3H3,(H,25,26,28,29). The zero-order chi connectivity index (χ0) is 22.5. The minimum atomic E-state index is -0.0265. The number of nitrogens with zero attached hydrogens (tertiary/aromatic N) is 6. The summed E-state index contributed by atoms with van der Waals surface area (Å²) >= 11 is 0. The molecule has 0 fully saturated rings. The van der Waals surface area contributed by atoms with Crippen LogP contribution in [0, 0.1) is 5.92 Å². The van der Waals surface area contributed by atoms with Gasteiger partial charge in [-0.2, -0.15) is 5.10 Å². The van der Waals surface area contributed by atoms with Crippen LogP contribution in [0.1, 0.15) is 45.0 Å². The maximum absolute atomic E-state index is 13.0. The largest absolute Gasteiger partial charge is 0.346 e. The SMILES string of the molecule is CCCCn1nc(CC(C)C)n(Cc2ccc(-c3ccccc3-c3nnn[nH]3)cc2)c1=O. The van der Waals surface area contributed by atoms with Gasteiger partial charge in [-0.1, -0.05) is 75.7 Å². The highest BCUT2D eigenvalue weighted by molar-refractivity contribution is 5.80. The van der Waals surface area contributed by atoms with E-state index in [0.717, 1.165) is 47.3 Å². The number of aromatic amines is 1. The monoisotopic (exact) mass is 431 g/mol. The van der Waals surface area contributed by atoms with Gasteiger partial charge in [-0.3, -0.25) is 4.57 Å². The number of H-pyrrole nitrogens is 1. The van der Waals surface area contributed by atoms with Crippen molar-refractivity contribution in [1.29, 1.82) is 0 Å². The lowest BCUT2D eigenvalue weighted by molar-refractivity contribution is 0.541. The molecule has 0 saturated carbocycles. The predicted molar refractivity (Wildman–Crippen MR) is 124 cm³/mol. The van der Waals surface area contributed by atoms with Gasteiger partial charge in [0.25, 0.3) is 0 Å². The minimum Gasteiger partial charge on any atom is -0.274 e. The molecule has 0 spiro atoms. The molecule has 2 aromatic carbocycles. The summed E-state index contributed by atoms with van der Waals surface area (Å²) in [5.74, 6) is 1.92. The molecule has 1 N–H and O–H groups in total. The highest BCUT2D eigenvalue weighted by Gasteiger charge is 2.15. The quantitative estimate of drug-likeness (QED) is 0.433. The van der Waals surface area contributed by atoms with Gasteiger partial charge in [-0.25, -0.2) is 14.6 Å². The van der Waals surface area contributed by atoms with E-state index in [1.54, 1.807) is 4.68 Å². The van der Waals surface area contributed by atoms with Crippen LogP contribution in [0.2, 0.25) is 0 Å². The van der Waals surface area contributed by atoms with Gasteiger partial charge in [0, 0.05) is 18.5 Å². The molecule has 0 saturated heterocycles. The first kappa shape index (κ1) is 21.7. The second kappa shape index (κ2) is 9.72. The summed E-state index contributed by atoms with van der Waals surface area (Å²) in [6.45, 7) is 7.60. The molecule has 0 aliphatic carbocycles. The number of unbranched alkanes of at least 4 members (excludes halogenated alkanes) is 1. The maximum Gasteiger partial charge on any atom is 0.346 e. The number of hydrogen-bond acceptors (Lipinski definition) is 5. The van der Waals surface area contributed by atoms with Crippen LogP contribution in [0.5, 0.6) is 0 Å². The van der Waals surface area contributed by atoms with E-state index >= 15 is 0 Å². The van der Waals surface area contributed by atoms with Crippen LogP contribution >= 0.6 is 0 Å². The van der Waals surface area contributed by atoms with Gasteiger partial charge >= 0.3 is 5.69 Å². The molecule has 4 rings (SSSR count). The summed E-state index contributed by atoms with van der Waals surface area (Å²) < 4.78 is 3.44. The van der Waals surface area contributed by atoms with E-state index in [4.69, 9.17) is 0 Å². The predicted octanol–water partition coefficient (Wildman–Crippen LogP) is 3.94. The zero-order valence-electron chi connectivity index (χ0n) is 18.8. The third kappa shape index (κ3) is 4.69. The van der Waals surface area contributed by atoms with Crippen molar-refractivity contribution in [2.24, 2.45) is 5.92 Å². The Morgan fingerprint density at radius 3 is 2.44 bits per heavy atom. The van der Waals surface area contributed by atoms with Gasteiger partial charge in [0.15, 0.2) is 5.82 Å². The Kier molecular flexibility index (Phi) is 6.58. The molecule has 4 aromatic rings. The van der Waals surface area contributed by atoms with Crippen molar-refractivity contribution in [3.05, 3.63) is 70.4 Å². The number of nitrogens with one attached hydrogen (secondary N) is 1. The molecular formula is C24H29N7O. The molecule has 0 bridgehead atoms. The Hall–Kier alpha value is -3.55. The molecule has 0 aliphatic heterocycles. The molecule has 2 heterocycles. The van der Waals surface area contributed by atoms with Gasteiger partial charge in [0.2, 0.25) is 0 Å². The van der Waals surface area contributed by atoms with Crippen molar-refractivity contribution < 1.29 is 0 Å². The van der Waals surface area contributed by atoms with Crippen LogP contribution < -0.4 is 5.69 Å². The number of rotatable bonds is 9. The first-order valence-corrected chi connectivity index (χ1v) is 11.2. The number of aryl methyl sites for hydroxylation is 1. The first-order chi connectivity index (χ1) is 15.6. The van der Waals surface area contributed by atoms with Crippen LogP contribution in [0.3, 0.4) is 0 Å². The van der Waals surface area contributed by atoms with Gasteiger partial charge < -0.3 is 0 Å². The fraction of sp³-hybridized carbons (Fsp3) is 0.375. The van der Waals surface area contributed by atoms with E-state index in [0.29, 0.717) is 24.8 Å². The van der Waals surface area contributed by atoms with Crippen LogP contribution in [0.25, 0.3) is 22.5 Å². The summed E-state index contributed by atoms with van der Waals surface area (Å²) in [6.07, 6.45) is 2.77. The van der Waals surface area contributed by atoms with Crippen molar-refractivity contribution >= 4 is 0 Å². The Labute approximate surface area is 187 Å². The molecule has 0 radical (unpaired) electrons. The minimum absolute atomic E-state index is 0.0265. The number of aromatic nitrogens is 7. The Balaban J connectivity index is 1.62. The summed E-state index contributed by atoms with van der Waals surface area (Å²) in [5, 5.41) is 18.9. The van der Waals surface area contributed by atoms with Crippen molar-refractivity contribution in [1.82, 2.24) is 35.0 Å². The van der Waals surface area contributed by atoms with Crippen molar-refractivity contribution in [3.63, 3.8) is 0 Å². The smallest absolute Gasteiger partial charge is 0.274 e. The normalized spacial score (nSPS) is 11.4. The highest BCUT2D eigenvalue weighted by Crippen LogP contribution is 2.29. The fourth-order valence-corrected chi connectivity index (χ4v) is 3.80. The highest BCUT2D eigenvalue weighted by atomic mass is 16.2. The average molecular weight is 432 g/mol. The lowest BCUT2D eigenvalue weighted by Gasteiger charge is -2.10. The molecule has 8 heteroatoms. The average Bonchev–Trinajstić information content (AvgIpc) is 3.43. The second-order valence-corrected chi connectivity index (χ2v) is 8.45. The Bertz CT molecular complexity index is 1200. The Morgan fingerprint density at radius 1 is 1.03 bits per heavy atom. The van der Waals surface area contributed by atoms with Gasteiger partial charge in [-0.05, 0) is 39.5 Å². The van der Waals surface area contributed by atoms with E-state index in [1.807, 2.05) is 22.8 Å². The molecule has 166 valence electrons. The van der Waals surface area contributed by atoms with Gasteiger partial charge in [0.05, 0.1) is 6.54 Å². The molecule has 0 aliphatic rings. The second-order valence-electron chi connectivity index (χ2n) is 8.45. The summed E-state index contributed by atoms with van der Waals surface area (Å²) in [5.41, 5.74) is 4.09. The fourth-order valence-electron chi connectivity index (χ4n) is 3.80. The molecule has 2 aromatic heterocycles. The van der Waals surface area contributed by atoms with Crippen LogP contribution in [-0.4, -0.2) is 35.0 Å². The van der Waals surface area contributed by atoms with Crippen LogP contribution in [0.15, 0.2) is 53.3 Å². The van der Waals surface area contributed by atoms with E-state index in [1.165, 1.54) is 0 Å². The van der Waals surface area contributed by atoms with Crippen LogP contribution in [-0.2, 0) is 19.5 Å². The molecule has 8 nitrogen and oxygen atoms in total. The summed E-state index contributed by atoms with van der Waals surface area (Å²) in [7, 11) is 0. The van der Waals surface area contributed by atoms with Crippen molar-refractivity contribution in [3.8, 4) is 22.5 Å². The Morgan fingerprint density at radius 2 is 1.78 bits per heavy atom. The first-order valence-electron chi connectivity index (χ1n) is 11.2.